The van der Waals surface area contributed by atoms with E-state index in [4.69, 9.17) is 14.2 Å². The fraction of sp³-hybridized carbons (Fsp3) is 0.351. The maximum absolute atomic E-state index is 16.1. The van der Waals surface area contributed by atoms with Crippen molar-refractivity contribution < 1.29 is 46.6 Å². The first-order valence-corrected chi connectivity index (χ1v) is 16.0. The number of hydrogen-bond donors (Lipinski definition) is 1. The number of halogens is 3. The van der Waals surface area contributed by atoms with E-state index in [1.807, 2.05) is 0 Å². The molecular weight excluding hydrogens is 641 g/mol. The Kier molecular flexibility index (Phi) is 11.2. The van der Waals surface area contributed by atoms with Crippen molar-refractivity contribution in [1.82, 2.24) is 10.2 Å². The summed E-state index contributed by atoms with van der Waals surface area (Å²) >= 11 is 0. The first kappa shape index (κ1) is 35.3. The Morgan fingerprint density at radius 2 is 1.65 bits per heavy atom. The fourth-order valence-electron chi connectivity index (χ4n) is 5.95. The molecule has 5 rings (SSSR count). The molecule has 1 N–H and O–H groups in total. The van der Waals surface area contributed by atoms with E-state index in [0.717, 1.165) is 4.90 Å². The Labute approximate surface area is 282 Å². The summed E-state index contributed by atoms with van der Waals surface area (Å²) in [6.07, 6.45) is 3.60. The number of nitrogens with one attached hydrogen (secondary N) is 1. The topological polar surface area (TPSA) is 111 Å². The molecule has 258 valence electrons. The third kappa shape index (κ3) is 8.37. The van der Waals surface area contributed by atoms with Crippen LogP contribution in [0.4, 0.5) is 13.2 Å². The molecule has 1 aliphatic carbocycles. The molecule has 3 aromatic carbocycles. The summed E-state index contributed by atoms with van der Waals surface area (Å²) in [4.78, 5) is 52.1. The maximum atomic E-state index is 16.1. The van der Waals surface area contributed by atoms with Crippen LogP contribution in [0, 0.1) is 0 Å². The maximum Gasteiger partial charge on any atom is 0.329 e. The van der Waals surface area contributed by atoms with E-state index >= 15 is 4.39 Å². The van der Waals surface area contributed by atoms with Gasteiger partial charge in [0.2, 0.25) is 5.91 Å². The van der Waals surface area contributed by atoms with Crippen LogP contribution in [0.3, 0.4) is 0 Å². The molecular formula is C37H37F3N2O7. The van der Waals surface area contributed by atoms with Crippen molar-refractivity contribution in [2.24, 2.45) is 0 Å². The molecule has 0 radical (unpaired) electrons. The van der Waals surface area contributed by atoms with Gasteiger partial charge in [-0.25, -0.2) is 9.18 Å². The van der Waals surface area contributed by atoms with Gasteiger partial charge in [-0.05, 0) is 42.2 Å². The van der Waals surface area contributed by atoms with Crippen molar-refractivity contribution in [3.05, 3.63) is 107 Å². The molecule has 0 aromatic heterocycles. The zero-order valence-corrected chi connectivity index (χ0v) is 27.0. The number of hydrogen-bond acceptors (Lipinski definition) is 7. The van der Waals surface area contributed by atoms with Crippen molar-refractivity contribution in [2.45, 2.75) is 50.4 Å². The second-order valence-electron chi connectivity index (χ2n) is 11.9. The van der Waals surface area contributed by atoms with E-state index in [-0.39, 0.29) is 54.3 Å². The third-order valence-corrected chi connectivity index (χ3v) is 8.34. The van der Waals surface area contributed by atoms with E-state index in [2.05, 4.69) is 5.32 Å². The van der Waals surface area contributed by atoms with Crippen LogP contribution in [0.15, 0.2) is 84.9 Å². The third-order valence-electron chi connectivity index (χ3n) is 8.34. The summed E-state index contributed by atoms with van der Waals surface area (Å²) in [5.41, 5.74) is -1.16. The number of esters is 2. The number of carbonyl (C=O) groups excluding carboxylic acids is 4. The van der Waals surface area contributed by atoms with Gasteiger partial charge in [-0.15, -0.1) is 0 Å². The summed E-state index contributed by atoms with van der Waals surface area (Å²) in [6.45, 7) is 0.493. The molecule has 0 unspecified atom stereocenters. The molecule has 1 aliphatic heterocycles. The van der Waals surface area contributed by atoms with Crippen LogP contribution in [0.25, 0.3) is 11.1 Å². The lowest BCUT2D eigenvalue weighted by atomic mass is 10.0. The Morgan fingerprint density at radius 3 is 2.43 bits per heavy atom. The predicted molar refractivity (Wildman–Crippen MR) is 173 cm³/mol. The minimum Gasteiger partial charge on any atom is -0.466 e. The molecule has 12 heteroatoms. The lowest BCUT2D eigenvalue weighted by Gasteiger charge is -2.23. The summed E-state index contributed by atoms with van der Waals surface area (Å²) in [7, 11) is 0. The molecule has 0 saturated carbocycles. The Balaban J connectivity index is 1.22. The number of nitrogens with zero attached hydrogens (tertiary/aromatic N) is 1. The fourth-order valence-corrected chi connectivity index (χ4v) is 5.95. The van der Waals surface area contributed by atoms with Crippen LogP contribution in [0.1, 0.15) is 53.2 Å². The van der Waals surface area contributed by atoms with Gasteiger partial charge in [0.25, 0.3) is 11.8 Å². The minimum atomic E-state index is -3.21. The molecule has 0 spiro atoms. The zero-order chi connectivity index (χ0) is 35.0. The van der Waals surface area contributed by atoms with E-state index < -0.39 is 55.1 Å². The number of fused-ring (bicyclic) bond motifs is 3. The lowest BCUT2D eigenvalue weighted by molar-refractivity contribution is -0.154. The standard InChI is InChI=1S/C37H37F3N2O7/c1-2-48-33(44)15-7-4-10-18-47-24-36(38)20-31(35(46)49-22-25-11-5-3-6-12-25)42(23-36)32(43)21-41-34(45)26-16-17-30-28(19-26)27-13-8-9-14-29(27)37(30,39)40/h3-6,8-14,16-17,19,31H,2,7,15,18,20-24H2,1H3,(H,41,45)/b10-4+/t31-,36+/m0/s1. The number of ether oxygens (including phenoxy) is 3. The molecule has 1 fully saturated rings. The van der Waals surface area contributed by atoms with Crippen LogP contribution in [-0.4, -0.2) is 73.3 Å². The number of benzene rings is 3. The number of carbonyl (C=O) groups is 4. The Hall–Kier alpha value is -4.97. The van der Waals surface area contributed by atoms with E-state index in [1.54, 1.807) is 61.5 Å². The molecule has 1 saturated heterocycles. The Morgan fingerprint density at radius 1 is 0.918 bits per heavy atom. The largest absolute Gasteiger partial charge is 0.466 e. The van der Waals surface area contributed by atoms with Gasteiger partial charge in [-0.3, -0.25) is 14.4 Å². The molecule has 2 amide bonds. The second-order valence-corrected chi connectivity index (χ2v) is 11.9. The van der Waals surface area contributed by atoms with Gasteiger partial charge in [0, 0.05) is 29.5 Å². The lowest BCUT2D eigenvalue weighted by Crippen LogP contribution is -2.46. The van der Waals surface area contributed by atoms with Gasteiger partial charge in [0.05, 0.1) is 32.9 Å². The molecule has 3 aromatic rings. The van der Waals surface area contributed by atoms with E-state index in [9.17, 15) is 28.0 Å². The highest BCUT2D eigenvalue weighted by atomic mass is 19.3. The molecule has 2 atom stereocenters. The van der Waals surface area contributed by atoms with Crippen LogP contribution >= 0.6 is 0 Å². The van der Waals surface area contributed by atoms with Gasteiger partial charge in [0.15, 0.2) is 5.67 Å². The first-order valence-electron chi connectivity index (χ1n) is 16.0. The summed E-state index contributed by atoms with van der Waals surface area (Å²) < 4.78 is 61.8. The van der Waals surface area contributed by atoms with Crippen molar-refractivity contribution >= 4 is 23.8 Å². The van der Waals surface area contributed by atoms with Crippen LogP contribution in [0.2, 0.25) is 0 Å². The molecule has 0 bridgehead atoms. The van der Waals surface area contributed by atoms with Gasteiger partial charge in [0.1, 0.15) is 12.6 Å². The van der Waals surface area contributed by atoms with Crippen LogP contribution in [-0.2, 0) is 41.1 Å². The van der Waals surface area contributed by atoms with Gasteiger partial charge >= 0.3 is 11.9 Å². The predicted octanol–water partition coefficient (Wildman–Crippen LogP) is 5.51. The number of allylic oxidation sites excluding steroid dienone is 1. The highest BCUT2D eigenvalue weighted by Crippen LogP contribution is 2.50. The SMILES string of the molecule is CCOC(=O)CC/C=C/COC[C@@]1(F)C[C@@H](C(=O)OCc2ccccc2)N(C(=O)CNC(=O)c2ccc3c(c2)-c2ccccc2C3(F)F)C1. The van der Waals surface area contributed by atoms with Gasteiger partial charge < -0.3 is 24.4 Å². The Bertz CT molecular complexity index is 1720. The summed E-state index contributed by atoms with van der Waals surface area (Å²) in [5, 5.41) is 2.48. The van der Waals surface area contributed by atoms with Crippen LogP contribution in [0.5, 0.6) is 0 Å². The van der Waals surface area contributed by atoms with Crippen LogP contribution < -0.4 is 5.32 Å². The number of likely N-dealkylation sites (tertiary alicyclic amines) is 1. The van der Waals surface area contributed by atoms with Crippen molar-refractivity contribution in [1.29, 1.82) is 0 Å². The quantitative estimate of drug-likeness (QED) is 0.136. The van der Waals surface area contributed by atoms with E-state index in [0.29, 0.717) is 24.2 Å². The van der Waals surface area contributed by atoms with Crippen molar-refractivity contribution in [3.8, 4) is 11.1 Å². The molecule has 9 nitrogen and oxygen atoms in total. The molecule has 2 aliphatic rings. The summed E-state index contributed by atoms with van der Waals surface area (Å²) in [5.74, 6) is -5.77. The number of rotatable bonds is 14. The minimum absolute atomic E-state index is 0.0405. The molecule has 49 heavy (non-hydrogen) atoms. The highest BCUT2D eigenvalue weighted by molar-refractivity contribution is 5.99. The highest BCUT2D eigenvalue weighted by Gasteiger charge is 2.50. The summed E-state index contributed by atoms with van der Waals surface area (Å²) in [6, 6.07) is 17.4. The second kappa shape index (κ2) is 15.5. The average Bonchev–Trinajstić information content (AvgIpc) is 3.57. The monoisotopic (exact) mass is 678 g/mol. The molecule has 1 heterocycles. The normalized spacial score (nSPS) is 18.9. The zero-order valence-electron chi connectivity index (χ0n) is 27.0. The van der Waals surface area contributed by atoms with Gasteiger partial charge in [-0.1, -0.05) is 72.8 Å². The number of alkyl halides is 3. The van der Waals surface area contributed by atoms with E-state index in [1.165, 1.54) is 30.3 Å². The number of amides is 2. The van der Waals surface area contributed by atoms with Crippen molar-refractivity contribution in [3.63, 3.8) is 0 Å². The van der Waals surface area contributed by atoms with Gasteiger partial charge in [-0.2, -0.15) is 8.78 Å². The smallest absolute Gasteiger partial charge is 0.329 e. The first-order chi connectivity index (χ1) is 23.5. The van der Waals surface area contributed by atoms with Crippen molar-refractivity contribution in [2.75, 3.05) is 32.9 Å². The average molecular weight is 679 g/mol.